The van der Waals surface area contributed by atoms with Crippen LogP contribution >= 0.6 is 0 Å². The van der Waals surface area contributed by atoms with E-state index >= 15 is 0 Å². The van der Waals surface area contributed by atoms with Crippen LogP contribution in [-0.4, -0.2) is 81.6 Å². The topological polar surface area (TPSA) is 78.2 Å². The van der Waals surface area contributed by atoms with Gasteiger partial charge < -0.3 is 14.7 Å². The molecule has 8 heteroatoms. The molecule has 4 rings (SSSR count). The molecule has 0 spiro atoms. The number of carbonyl (C=O) groups excluding carboxylic acids is 3. The lowest BCUT2D eigenvalue weighted by molar-refractivity contribution is -0.119. The number of pyridine rings is 1. The zero-order valence-electron chi connectivity index (χ0n) is 14.5. The Morgan fingerprint density at radius 3 is 2.31 bits per heavy atom. The van der Waals surface area contributed by atoms with Crippen molar-refractivity contribution in [2.24, 2.45) is 0 Å². The van der Waals surface area contributed by atoms with Crippen LogP contribution in [0.4, 0.5) is 0 Å². The van der Waals surface area contributed by atoms with Gasteiger partial charge in [-0.1, -0.05) is 6.07 Å². The van der Waals surface area contributed by atoms with E-state index in [0.29, 0.717) is 37.4 Å². The highest BCUT2D eigenvalue weighted by atomic mass is 16.2. The number of rotatable bonds is 3. The normalized spacial score (nSPS) is 17.8. The number of carbonyl (C=O) groups is 3. The highest BCUT2D eigenvalue weighted by Crippen LogP contribution is 2.19. The molecule has 2 aromatic rings. The van der Waals surface area contributed by atoms with E-state index in [0.717, 1.165) is 32.3 Å². The Labute approximate surface area is 151 Å². The third kappa shape index (κ3) is 2.81. The van der Waals surface area contributed by atoms with E-state index in [2.05, 4.69) is 4.98 Å². The molecule has 2 aromatic heterocycles. The largest absolute Gasteiger partial charge is 0.342 e. The molecule has 8 nitrogen and oxygen atoms in total. The van der Waals surface area contributed by atoms with Gasteiger partial charge in [-0.25, -0.2) is 4.98 Å². The second-order valence-corrected chi connectivity index (χ2v) is 6.67. The lowest BCUT2D eigenvalue weighted by Gasteiger charge is -2.32. The van der Waals surface area contributed by atoms with Crippen LogP contribution in [0.15, 0.2) is 24.4 Å². The molecular formula is C18H21N5O3. The van der Waals surface area contributed by atoms with Gasteiger partial charge in [-0.3, -0.25) is 18.8 Å². The van der Waals surface area contributed by atoms with Crippen molar-refractivity contribution in [1.82, 2.24) is 24.1 Å². The molecule has 2 aliphatic heterocycles. The molecule has 2 saturated heterocycles. The van der Waals surface area contributed by atoms with Crippen LogP contribution in [0.2, 0.25) is 0 Å². The summed E-state index contributed by atoms with van der Waals surface area (Å²) in [5.74, 6) is -0.0365. The van der Waals surface area contributed by atoms with Crippen molar-refractivity contribution in [3.63, 3.8) is 0 Å². The van der Waals surface area contributed by atoms with Gasteiger partial charge in [0.15, 0.2) is 5.69 Å². The van der Waals surface area contributed by atoms with Crippen LogP contribution in [0.5, 0.6) is 0 Å². The van der Waals surface area contributed by atoms with E-state index < -0.39 is 0 Å². The molecule has 0 atom stereocenters. The zero-order chi connectivity index (χ0) is 18.1. The fourth-order valence-electron chi connectivity index (χ4n) is 3.59. The van der Waals surface area contributed by atoms with Gasteiger partial charge in [-0.15, -0.1) is 0 Å². The Morgan fingerprint density at radius 2 is 1.62 bits per heavy atom. The van der Waals surface area contributed by atoms with Gasteiger partial charge in [-0.2, -0.15) is 0 Å². The molecule has 2 fully saturated rings. The average Bonchev–Trinajstić information content (AvgIpc) is 3.35. The maximum Gasteiger partial charge on any atom is 0.290 e. The van der Waals surface area contributed by atoms with Crippen molar-refractivity contribution in [2.45, 2.75) is 12.8 Å². The number of piperazine rings is 1. The summed E-state index contributed by atoms with van der Waals surface area (Å²) in [6, 6.07) is 5.47. The molecule has 26 heavy (non-hydrogen) atoms. The van der Waals surface area contributed by atoms with Gasteiger partial charge in [-0.05, 0) is 25.0 Å². The number of aromatic nitrogens is 2. The first-order valence-electron chi connectivity index (χ1n) is 8.94. The molecule has 0 aliphatic carbocycles. The predicted molar refractivity (Wildman–Crippen MR) is 93.9 cm³/mol. The molecule has 0 radical (unpaired) electrons. The molecule has 0 unspecified atom stereocenters. The van der Waals surface area contributed by atoms with Gasteiger partial charge in [0.2, 0.25) is 12.2 Å². The van der Waals surface area contributed by atoms with Crippen LogP contribution in [0.3, 0.4) is 0 Å². The van der Waals surface area contributed by atoms with Crippen LogP contribution in [0, 0.1) is 0 Å². The van der Waals surface area contributed by atoms with Crippen LogP contribution in [-0.2, 0) is 4.79 Å². The van der Waals surface area contributed by atoms with Crippen molar-refractivity contribution in [2.75, 3.05) is 39.3 Å². The summed E-state index contributed by atoms with van der Waals surface area (Å²) in [6.07, 6.45) is 4.58. The Hall–Kier alpha value is -2.90. The second kappa shape index (κ2) is 6.78. The molecule has 4 heterocycles. The average molecular weight is 355 g/mol. The van der Waals surface area contributed by atoms with E-state index in [1.807, 2.05) is 18.2 Å². The van der Waals surface area contributed by atoms with Crippen molar-refractivity contribution in [3.05, 3.63) is 35.9 Å². The molecule has 0 aromatic carbocycles. The van der Waals surface area contributed by atoms with Crippen LogP contribution in [0.25, 0.3) is 5.52 Å². The zero-order valence-corrected chi connectivity index (χ0v) is 14.5. The number of hydrogen-bond donors (Lipinski definition) is 0. The number of nitrogens with zero attached hydrogens (tertiary/aromatic N) is 5. The maximum atomic E-state index is 13.0. The van der Waals surface area contributed by atoms with Gasteiger partial charge in [0.25, 0.3) is 11.8 Å². The smallest absolute Gasteiger partial charge is 0.290 e. The first-order valence-corrected chi connectivity index (χ1v) is 8.94. The molecule has 0 N–H and O–H groups in total. The highest BCUT2D eigenvalue weighted by molar-refractivity contribution is 6.02. The van der Waals surface area contributed by atoms with Crippen molar-refractivity contribution in [1.29, 1.82) is 0 Å². The Bertz CT molecular complexity index is 848. The molecule has 0 saturated carbocycles. The van der Waals surface area contributed by atoms with Crippen LogP contribution < -0.4 is 0 Å². The summed E-state index contributed by atoms with van der Waals surface area (Å²) >= 11 is 0. The maximum absolute atomic E-state index is 13.0. The van der Waals surface area contributed by atoms with Gasteiger partial charge in [0.05, 0.1) is 5.52 Å². The van der Waals surface area contributed by atoms with Gasteiger partial charge >= 0.3 is 0 Å². The third-order valence-electron chi connectivity index (χ3n) is 5.09. The number of likely N-dealkylation sites (tertiary alicyclic amines) is 1. The summed E-state index contributed by atoms with van der Waals surface area (Å²) in [7, 11) is 0. The van der Waals surface area contributed by atoms with Gasteiger partial charge in [0.1, 0.15) is 0 Å². The predicted octanol–water partition coefficient (Wildman–Crippen LogP) is 0.484. The van der Waals surface area contributed by atoms with E-state index in [1.54, 1.807) is 25.3 Å². The highest BCUT2D eigenvalue weighted by Gasteiger charge is 2.29. The first-order chi connectivity index (χ1) is 12.7. The minimum absolute atomic E-state index is 0.131. The summed E-state index contributed by atoms with van der Waals surface area (Å²) in [4.78, 5) is 46.2. The summed E-state index contributed by atoms with van der Waals surface area (Å²) in [5, 5.41) is 0. The van der Waals surface area contributed by atoms with E-state index in [-0.39, 0.29) is 17.6 Å². The standard InChI is InChI=1S/C18H21N5O3/c24-13-20-9-11-22(12-10-20)17(25)15-14-5-1-2-8-23(14)16(19-15)18(26)21-6-3-4-7-21/h1-2,5,8,13H,3-4,6-7,9-12H2. The number of imidazole rings is 1. The molecule has 2 aliphatic rings. The fraction of sp³-hybridized carbons (Fsp3) is 0.444. The third-order valence-corrected chi connectivity index (χ3v) is 5.09. The lowest BCUT2D eigenvalue weighted by Crippen LogP contribution is -2.48. The summed E-state index contributed by atoms with van der Waals surface area (Å²) in [6.45, 7) is 3.44. The van der Waals surface area contributed by atoms with E-state index in [4.69, 9.17) is 0 Å². The SMILES string of the molecule is O=CN1CCN(C(=O)c2nc(C(=O)N3CCCC3)n3ccccc23)CC1. The molecular weight excluding hydrogens is 334 g/mol. The second-order valence-electron chi connectivity index (χ2n) is 6.67. The lowest BCUT2D eigenvalue weighted by atomic mass is 10.2. The molecule has 3 amide bonds. The number of fused-ring (bicyclic) bond motifs is 1. The molecule has 136 valence electrons. The van der Waals surface area contributed by atoms with Crippen molar-refractivity contribution in [3.8, 4) is 0 Å². The summed E-state index contributed by atoms with van der Waals surface area (Å²) in [5.41, 5.74) is 0.936. The molecule has 0 bridgehead atoms. The Morgan fingerprint density at radius 1 is 0.923 bits per heavy atom. The van der Waals surface area contributed by atoms with E-state index in [1.165, 1.54) is 0 Å². The first kappa shape index (κ1) is 16.6. The minimum Gasteiger partial charge on any atom is -0.342 e. The van der Waals surface area contributed by atoms with Crippen LogP contribution in [0.1, 0.15) is 33.9 Å². The Balaban J connectivity index is 1.66. The van der Waals surface area contributed by atoms with Crippen molar-refractivity contribution >= 4 is 23.7 Å². The van der Waals surface area contributed by atoms with Gasteiger partial charge in [0, 0.05) is 45.5 Å². The monoisotopic (exact) mass is 355 g/mol. The Kier molecular flexibility index (Phi) is 4.32. The minimum atomic E-state index is -0.195. The summed E-state index contributed by atoms with van der Waals surface area (Å²) < 4.78 is 1.70. The van der Waals surface area contributed by atoms with E-state index in [9.17, 15) is 14.4 Å². The number of amides is 3. The fourth-order valence-corrected chi connectivity index (χ4v) is 3.59. The quantitative estimate of drug-likeness (QED) is 0.751. The van der Waals surface area contributed by atoms with Crippen molar-refractivity contribution < 1.29 is 14.4 Å². The number of hydrogen-bond acceptors (Lipinski definition) is 4.